The number of nitro groups is 1. The number of carbonyl (C=O) groups is 1. The molecular formula is C15H12N2O3. The van der Waals surface area contributed by atoms with Gasteiger partial charge in [-0.1, -0.05) is 24.3 Å². The molecule has 0 bridgehead atoms. The summed E-state index contributed by atoms with van der Waals surface area (Å²) in [6, 6.07) is 10.7. The number of para-hydroxylation sites is 1. The Balaban J connectivity index is 2.29. The van der Waals surface area contributed by atoms with E-state index in [-0.39, 0.29) is 5.69 Å². The summed E-state index contributed by atoms with van der Waals surface area (Å²) in [7, 11) is 0. The summed E-state index contributed by atoms with van der Waals surface area (Å²) in [5, 5.41) is 14.3. The van der Waals surface area contributed by atoms with E-state index >= 15 is 0 Å². The predicted molar refractivity (Wildman–Crippen MR) is 75.5 cm³/mol. The van der Waals surface area contributed by atoms with Gasteiger partial charge in [0.2, 0.25) is 0 Å². The van der Waals surface area contributed by atoms with Crippen molar-refractivity contribution in [3.05, 3.63) is 63.2 Å². The Morgan fingerprint density at radius 3 is 2.70 bits per heavy atom. The fourth-order valence-corrected chi connectivity index (χ4v) is 2.65. The van der Waals surface area contributed by atoms with Crippen LogP contribution in [0.25, 0.3) is 0 Å². The minimum atomic E-state index is -0.471. The van der Waals surface area contributed by atoms with Crippen LogP contribution in [0.15, 0.2) is 36.4 Å². The van der Waals surface area contributed by atoms with Gasteiger partial charge in [0.1, 0.15) is 12.0 Å². The van der Waals surface area contributed by atoms with E-state index in [4.69, 9.17) is 0 Å². The molecule has 1 heterocycles. The third-order valence-corrected chi connectivity index (χ3v) is 3.52. The van der Waals surface area contributed by atoms with E-state index in [1.165, 1.54) is 6.07 Å². The maximum atomic E-state index is 11.5. The van der Waals surface area contributed by atoms with Gasteiger partial charge >= 0.3 is 0 Å². The number of rotatable bonds is 2. The van der Waals surface area contributed by atoms with Crippen molar-refractivity contribution in [3.8, 4) is 0 Å². The highest BCUT2D eigenvalue weighted by atomic mass is 16.6. The minimum absolute atomic E-state index is 0.00125. The molecule has 3 rings (SSSR count). The number of aryl methyl sites for hydroxylation is 1. The van der Waals surface area contributed by atoms with Crippen LogP contribution in [0, 0.1) is 17.0 Å². The van der Waals surface area contributed by atoms with E-state index in [2.05, 4.69) is 5.32 Å². The van der Waals surface area contributed by atoms with Crippen LogP contribution in [-0.2, 0) is 4.79 Å². The summed E-state index contributed by atoms with van der Waals surface area (Å²) in [5.41, 5.74) is 3.42. The number of hydrogen-bond acceptors (Lipinski definition) is 4. The van der Waals surface area contributed by atoms with E-state index in [1.807, 2.05) is 30.3 Å². The lowest BCUT2D eigenvalue weighted by Gasteiger charge is -2.26. The lowest BCUT2D eigenvalue weighted by Crippen LogP contribution is -2.15. The maximum Gasteiger partial charge on any atom is 0.293 e. The zero-order valence-corrected chi connectivity index (χ0v) is 10.8. The largest absolute Gasteiger partial charge is 0.349 e. The van der Waals surface area contributed by atoms with E-state index in [0.29, 0.717) is 11.3 Å². The van der Waals surface area contributed by atoms with Crippen molar-refractivity contribution in [2.75, 3.05) is 5.32 Å². The standard InChI is InChI=1S/C15H12N2O3/c1-9-6-11-12(8-18)10-4-2-3-5-13(10)16-15(11)14(7-9)17(19)20/h2-8,12,16H,1H3. The van der Waals surface area contributed by atoms with Crippen molar-refractivity contribution in [1.82, 2.24) is 0 Å². The fraction of sp³-hybridized carbons (Fsp3) is 0.133. The van der Waals surface area contributed by atoms with Gasteiger partial charge in [-0.05, 0) is 29.7 Å². The van der Waals surface area contributed by atoms with Gasteiger partial charge in [-0.25, -0.2) is 0 Å². The lowest BCUT2D eigenvalue weighted by atomic mass is 9.85. The molecule has 5 nitrogen and oxygen atoms in total. The van der Waals surface area contributed by atoms with Crippen LogP contribution in [-0.4, -0.2) is 11.2 Å². The molecule has 0 amide bonds. The van der Waals surface area contributed by atoms with Crippen LogP contribution in [0.3, 0.4) is 0 Å². The maximum absolute atomic E-state index is 11.5. The SMILES string of the molecule is Cc1cc2c(c([N+](=O)[O-])c1)Nc1ccccc1C2C=O. The number of aldehydes is 1. The van der Waals surface area contributed by atoms with Crippen LogP contribution in [0.1, 0.15) is 22.6 Å². The first kappa shape index (κ1) is 12.3. The molecule has 0 spiro atoms. The van der Waals surface area contributed by atoms with Crippen molar-refractivity contribution in [3.63, 3.8) is 0 Å². The molecule has 20 heavy (non-hydrogen) atoms. The van der Waals surface area contributed by atoms with Crippen LogP contribution >= 0.6 is 0 Å². The molecule has 1 N–H and O–H groups in total. The molecule has 0 fully saturated rings. The molecule has 1 aliphatic heterocycles. The normalized spacial score (nSPS) is 15.8. The molecule has 100 valence electrons. The van der Waals surface area contributed by atoms with Gasteiger partial charge in [-0.15, -0.1) is 0 Å². The van der Waals surface area contributed by atoms with E-state index in [1.54, 1.807) is 6.92 Å². The third-order valence-electron chi connectivity index (χ3n) is 3.52. The molecule has 0 aliphatic carbocycles. The first-order valence-corrected chi connectivity index (χ1v) is 6.22. The van der Waals surface area contributed by atoms with Crippen LogP contribution in [0.5, 0.6) is 0 Å². The van der Waals surface area contributed by atoms with Gasteiger partial charge < -0.3 is 10.1 Å². The number of nitrogens with zero attached hydrogens (tertiary/aromatic N) is 1. The zero-order valence-electron chi connectivity index (χ0n) is 10.8. The fourth-order valence-electron chi connectivity index (χ4n) is 2.65. The highest BCUT2D eigenvalue weighted by Gasteiger charge is 2.30. The molecule has 0 radical (unpaired) electrons. The summed E-state index contributed by atoms with van der Waals surface area (Å²) in [6.07, 6.45) is 0.835. The van der Waals surface area contributed by atoms with Crippen LogP contribution < -0.4 is 5.32 Å². The second kappa shape index (κ2) is 4.45. The van der Waals surface area contributed by atoms with Crippen molar-refractivity contribution in [1.29, 1.82) is 0 Å². The molecule has 2 aromatic carbocycles. The average molecular weight is 268 g/mol. The summed E-state index contributed by atoms with van der Waals surface area (Å²) in [6.45, 7) is 1.79. The summed E-state index contributed by atoms with van der Waals surface area (Å²) < 4.78 is 0. The Morgan fingerprint density at radius 2 is 2.00 bits per heavy atom. The molecule has 0 saturated carbocycles. The van der Waals surface area contributed by atoms with Gasteiger partial charge in [0.25, 0.3) is 5.69 Å². The number of nitrogens with one attached hydrogen (secondary N) is 1. The molecule has 5 heteroatoms. The lowest BCUT2D eigenvalue weighted by molar-refractivity contribution is -0.384. The zero-order chi connectivity index (χ0) is 14.3. The van der Waals surface area contributed by atoms with E-state index in [9.17, 15) is 14.9 Å². The summed E-state index contributed by atoms with van der Waals surface area (Å²) in [4.78, 5) is 22.3. The number of nitro benzene ring substituents is 1. The molecule has 1 unspecified atom stereocenters. The second-order valence-corrected chi connectivity index (χ2v) is 4.83. The Morgan fingerprint density at radius 1 is 1.25 bits per heavy atom. The number of fused-ring (bicyclic) bond motifs is 2. The highest BCUT2D eigenvalue weighted by Crippen LogP contribution is 2.44. The Hall–Kier alpha value is -2.69. The monoisotopic (exact) mass is 268 g/mol. The number of carbonyl (C=O) groups excluding carboxylic acids is 1. The molecule has 0 saturated heterocycles. The van der Waals surface area contributed by atoms with Crippen LogP contribution in [0.2, 0.25) is 0 Å². The minimum Gasteiger partial charge on any atom is -0.349 e. The van der Waals surface area contributed by atoms with Crippen molar-refractivity contribution < 1.29 is 9.72 Å². The topological polar surface area (TPSA) is 72.2 Å². The van der Waals surface area contributed by atoms with Crippen molar-refractivity contribution in [2.45, 2.75) is 12.8 Å². The number of benzene rings is 2. The van der Waals surface area contributed by atoms with Gasteiger partial charge in [-0.3, -0.25) is 10.1 Å². The Bertz CT molecular complexity index is 725. The molecular weight excluding hydrogens is 256 g/mol. The first-order valence-electron chi connectivity index (χ1n) is 6.22. The second-order valence-electron chi connectivity index (χ2n) is 4.83. The highest BCUT2D eigenvalue weighted by molar-refractivity contribution is 5.87. The molecule has 1 atom stereocenters. The van der Waals surface area contributed by atoms with Gasteiger partial charge in [0.05, 0.1) is 10.8 Å². The van der Waals surface area contributed by atoms with Gasteiger partial charge in [0, 0.05) is 11.8 Å². The van der Waals surface area contributed by atoms with E-state index < -0.39 is 10.8 Å². The Labute approximate surface area is 115 Å². The number of anilines is 2. The van der Waals surface area contributed by atoms with Crippen LogP contribution in [0.4, 0.5) is 17.1 Å². The summed E-state index contributed by atoms with van der Waals surface area (Å²) >= 11 is 0. The van der Waals surface area contributed by atoms with E-state index in [0.717, 1.165) is 23.1 Å². The van der Waals surface area contributed by atoms with Gasteiger partial charge in [-0.2, -0.15) is 0 Å². The van der Waals surface area contributed by atoms with Gasteiger partial charge in [0.15, 0.2) is 0 Å². The third kappa shape index (κ3) is 1.75. The average Bonchev–Trinajstić information content (AvgIpc) is 2.44. The van der Waals surface area contributed by atoms with Crippen molar-refractivity contribution in [2.24, 2.45) is 0 Å². The summed E-state index contributed by atoms with van der Waals surface area (Å²) in [5.74, 6) is -0.471. The number of hydrogen-bond donors (Lipinski definition) is 1. The predicted octanol–water partition coefficient (Wildman–Crippen LogP) is 3.29. The first-order chi connectivity index (χ1) is 9.61. The quantitative estimate of drug-likeness (QED) is 0.515. The molecule has 2 aromatic rings. The Kier molecular flexibility index (Phi) is 2.75. The molecule has 1 aliphatic rings. The smallest absolute Gasteiger partial charge is 0.293 e. The van der Waals surface area contributed by atoms with Crippen molar-refractivity contribution >= 4 is 23.3 Å². The molecule has 0 aromatic heterocycles.